The summed E-state index contributed by atoms with van der Waals surface area (Å²) in [7, 11) is 0. The molecule has 0 saturated carbocycles. The van der Waals surface area contributed by atoms with Crippen molar-refractivity contribution < 1.29 is 14.3 Å². The first-order valence-corrected chi connectivity index (χ1v) is 7.62. The highest BCUT2D eigenvalue weighted by molar-refractivity contribution is 6.30. The number of Topliss-reactive ketones (excluding diaryl/α,β-unsaturated/α-hetero) is 1. The van der Waals surface area contributed by atoms with Crippen LogP contribution in [0.1, 0.15) is 35.8 Å². The monoisotopic (exact) mass is 331 g/mol. The SMILES string of the molecule is CC(=O)c1ccc(OCC(=O)NC(C)c2ccc(Cl)cc2)cc1. The third-order valence-electron chi connectivity index (χ3n) is 3.38. The first kappa shape index (κ1) is 17.0. The Morgan fingerprint density at radius 1 is 1.09 bits per heavy atom. The molecule has 0 aromatic heterocycles. The zero-order valence-electron chi connectivity index (χ0n) is 13.0. The number of ether oxygens (including phenoxy) is 1. The molecule has 0 fully saturated rings. The lowest BCUT2D eigenvalue weighted by molar-refractivity contribution is -0.123. The van der Waals surface area contributed by atoms with Gasteiger partial charge in [0.2, 0.25) is 0 Å². The van der Waals surface area contributed by atoms with Crippen molar-refractivity contribution in [2.45, 2.75) is 19.9 Å². The van der Waals surface area contributed by atoms with Gasteiger partial charge in [0, 0.05) is 10.6 Å². The predicted molar refractivity (Wildman–Crippen MR) is 90.0 cm³/mol. The molecule has 1 atom stereocenters. The molecule has 0 aliphatic carbocycles. The summed E-state index contributed by atoms with van der Waals surface area (Å²) in [6.45, 7) is 3.31. The summed E-state index contributed by atoms with van der Waals surface area (Å²) in [5.74, 6) is 0.318. The Bertz CT molecular complexity index is 680. The van der Waals surface area contributed by atoms with Crippen LogP contribution in [0, 0.1) is 0 Å². The van der Waals surface area contributed by atoms with Gasteiger partial charge in [-0.05, 0) is 55.8 Å². The van der Waals surface area contributed by atoms with Crippen LogP contribution in [0.2, 0.25) is 5.02 Å². The summed E-state index contributed by atoms with van der Waals surface area (Å²) in [4.78, 5) is 23.1. The number of hydrogen-bond donors (Lipinski definition) is 1. The molecule has 1 N–H and O–H groups in total. The highest BCUT2D eigenvalue weighted by atomic mass is 35.5. The van der Waals surface area contributed by atoms with Gasteiger partial charge in [0.25, 0.3) is 5.91 Å². The lowest BCUT2D eigenvalue weighted by atomic mass is 10.1. The molecule has 23 heavy (non-hydrogen) atoms. The standard InChI is InChI=1S/C18H18ClNO3/c1-12(14-3-7-16(19)8-4-14)20-18(22)11-23-17-9-5-15(6-10-17)13(2)21/h3-10,12H,11H2,1-2H3,(H,20,22). The molecule has 0 radical (unpaired) electrons. The lowest BCUT2D eigenvalue weighted by Gasteiger charge is -2.15. The van der Waals surface area contributed by atoms with Crippen molar-refractivity contribution in [2.24, 2.45) is 0 Å². The number of amides is 1. The summed E-state index contributed by atoms with van der Waals surface area (Å²) < 4.78 is 5.41. The molecule has 0 spiro atoms. The second-order valence-electron chi connectivity index (χ2n) is 5.21. The van der Waals surface area contributed by atoms with E-state index in [1.54, 1.807) is 36.4 Å². The van der Waals surface area contributed by atoms with Crippen LogP contribution in [-0.4, -0.2) is 18.3 Å². The molecule has 2 rings (SSSR count). The van der Waals surface area contributed by atoms with Gasteiger partial charge in [-0.15, -0.1) is 0 Å². The van der Waals surface area contributed by atoms with E-state index in [2.05, 4.69) is 5.32 Å². The number of carbonyl (C=O) groups excluding carboxylic acids is 2. The Kier molecular flexibility index (Phi) is 5.77. The Balaban J connectivity index is 1.84. The van der Waals surface area contributed by atoms with Gasteiger partial charge < -0.3 is 10.1 Å². The van der Waals surface area contributed by atoms with Crippen LogP contribution in [0.5, 0.6) is 5.75 Å². The molecule has 120 valence electrons. The Morgan fingerprint density at radius 2 is 1.70 bits per heavy atom. The number of halogens is 1. The van der Waals surface area contributed by atoms with E-state index in [4.69, 9.17) is 16.3 Å². The maximum absolute atomic E-state index is 11.9. The minimum absolute atomic E-state index is 0.00826. The maximum Gasteiger partial charge on any atom is 0.258 e. The van der Waals surface area contributed by atoms with Crippen molar-refractivity contribution in [1.82, 2.24) is 5.32 Å². The number of benzene rings is 2. The number of rotatable bonds is 6. The van der Waals surface area contributed by atoms with Gasteiger partial charge in [-0.3, -0.25) is 9.59 Å². The van der Waals surface area contributed by atoms with Gasteiger partial charge >= 0.3 is 0 Å². The van der Waals surface area contributed by atoms with E-state index in [1.165, 1.54) is 6.92 Å². The van der Waals surface area contributed by atoms with Crippen molar-refractivity contribution in [3.63, 3.8) is 0 Å². The molecule has 5 heteroatoms. The Hall–Kier alpha value is -2.33. The van der Waals surface area contributed by atoms with Crippen LogP contribution in [-0.2, 0) is 4.79 Å². The lowest BCUT2D eigenvalue weighted by Crippen LogP contribution is -2.31. The van der Waals surface area contributed by atoms with E-state index in [9.17, 15) is 9.59 Å². The van der Waals surface area contributed by atoms with Gasteiger partial charge in [0.05, 0.1) is 6.04 Å². The smallest absolute Gasteiger partial charge is 0.258 e. The predicted octanol–water partition coefficient (Wildman–Crippen LogP) is 3.80. The molecular formula is C18H18ClNO3. The minimum Gasteiger partial charge on any atom is -0.484 e. The fraction of sp³-hybridized carbons (Fsp3) is 0.222. The summed E-state index contributed by atoms with van der Waals surface area (Å²) in [5.41, 5.74) is 1.58. The summed E-state index contributed by atoms with van der Waals surface area (Å²) in [6.07, 6.45) is 0. The molecule has 1 amide bonds. The zero-order chi connectivity index (χ0) is 16.8. The van der Waals surface area contributed by atoms with E-state index >= 15 is 0 Å². The van der Waals surface area contributed by atoms with Crippen molar-refractivity contribution >= 4 is 23.3 Å². The normalized spacial score (nSPS) is 11.6. The molecule has 2 aromatic carbocycles. The fourth-order valence-electron chi connectivity index (χ4n) is 2.05. The first-order valence-electron chi connectivity index (χ1n) is 7.24. The van der Waals surface area contributed by atoms with E-state index in [0.29, 0.717) is 16.3 Å². The molecule has 1 unspecified atom stereocenters. The number of hydrogen-bond acceptors (Lipinski definition) is 3. The average Bonchev–Trinajstić information content (AvgIpc) is 2.54. The minimum atomic E-state index is -0.219. The topological polar surface area (TPSA) is 55.4 Å². The second-order valence-corrected chi connectivity index (χ2v) is 5.65. The number of nitrogens with one attached hydrogen (secondary N) is 1. The van der Waals surface area contributed by atoms with Gasteiger partial charge in [-0.25, -0.2) is 0 Å². The largest absolute Gasteiger partial charge is 0.484 e. The molecule has 0 aliphatic rings. The van der Waals surface area contributed by atoms with E-state index in [-0.39, 0.29) is 24.3 Å². The van der Waals surface area contributed by atoms with Crippen LogP contribution in [0.15, 0.2) is 48.5 Å². The third kappa shape index (κ3) is 5.11. The van der Waals surface area contributed by atoms with Crippen LogP contribution in [0.4, 0.5) is 0 Å². The number of carbonyl (C=O) groups is 2. The van der Waals surface area contributed by atoms with Crippen molar-refractivity contribution in [2.75, 3.05) is 6.61 Å². The number of ketones is 1. The maximum atomic E-state index is 11.9. The first-order chi connectivity index (χ1) is 11.0. The van der Waals surface area contributed by atoms with Gasteiger partial charge in [-0.1, -0.05) is 23.7 Å². The van der Waals surface area contributed by atoms with Gasteiger partial charge in [0.1, 0.15) is 5.75 Å². The molecule has 4 nitrogen and oxygen atoms in total. The van der Waals surface area contributed by atoms with Crippen molar-refractivity contribution in [1.29, 1.82) is 0 Å². The van der Waals surface area contributed by atoms with Crippen LogP contribution < -0.4 is 10.1 Å². The van der Waals surface area contributed by atoms with Crippen LogP contribution in [0.3, 0.4) is 0 Å². The molecule has 0 bridgehead atoms. The average molecular weight is 332 g/mol. The molecule has 0 saturated heterocycles. The fourth-order valence-corrected chi connectivity index (χ4v) is 2.18. The zero-order valence-corrected chi connectivity index (χ0v) is 13.8. The highest BCUT2D eigenvalue weighted by Gasteiger charge is 2.10. The highest BCUT2D eigenvalue weighted by Crippen LogP contribution is 2.16. The Labute approximate surface area is 140 Å². The van der Waals surface area contributed by atoms with E-state index in [1.807, 2.05) is 19.1 Å². The quantitative estimate of drug-likeness (QED) is 0.819. The third-order valence-corrected chi connectivity index (χ3v) is 3.63. The second kappa shape index (κ2) is 7.79. The molecule has 0 aliphatic heterocycles. The van der Waals surface area contributed by atoms with Gasteiger partial charge in [-0.2, -0.15) is 0 Å². The molecule has 2 aromatic rings. The molecule has 0 heterocycles. The van der Waals surface area contributed by atoms with E-state index in [0.717, 1.165) is 5.56 Å². The van der Waals surface area contributed by atoms with Crippen LogP contribution in [0.25, 0.3) is 0 Å². The molecular weight excluding hydrogens is 314 g/mol. The summed E-state index contributed by atoms with van der Waals surface area (Å²) in [5, 5.41) is 3.51. The summed E-state index contributed by atoms with van der Waals surface area (Å²) >= 11 is 5.84. The van der Waals surface area contributed by atoms with Crippen molar-refractivity contribution in [3.05, 3.63) is 64.7 Å². The Morgan fingerprint density at radius 3 is 2.26 bits per heavy atom. The van der Waals surface area contributed by atoms with E-state index < -0.39 is 0 Å². The van der Waals surface area contributed by atoms with Crippen molar-refractivity contribution in [3.8, 4) is 5.75 Å². The van der Waals surface area contributed by atoms with Gasteiger partial charge in [0.15, 0.2) is 12.4 Å². The summed E-state index contributed by atoms with van der Waals surface area (Å²) in [6, 6.07) is 13.9. The van der Waals surface area contributed by atoms with Crippen LogP contribution >= 0.6 is 11.6 Å².